The van der Waals surface area contributed by atoms with Crippen molar-refractivity contribution in [3.63, 3.8) is 0 Å². The molecule has 27 heavy (non-hydrogen) atoms. The van der Waals surface area contributed by atoms with E-state index in [1.807, 2.05) is 30.3 Å². The fraction of sp³-hybridized carbons (Fsp3) is 0.190. The minimum atomic E-state index is 0.0289. The highest BCUT2D eigenvalue weighted by molar-refractivity contribution is 5.95. The molecule has 3 rings (SSSR count). The molecule has 1 heterocycles. The Morgan fingerprint density at radius 1 is 1.11 bits per heavy atom. The van der Waals surface area contributed by atoms with Crippen molar-refractivity contribution >= 4 is 23.2 Å². The van der Waals surface area contributed by atoms with Gasteiger partial charge in [-0.25, -0.2) is 4.98 Å². The third kappa shape index (κ3) is 5.28. The predicted octanol–water partition coefficient (Wildman–Crippen LogP) is 4.09. The minimum absolute atomic E-state index is 0.0289. The average molecular weight is 362 g/mol. The lowest BCUT2D eigenvalue weighted by molar-refractivity contribution is 0.101. The fourth-order valence-electron chi connectivity index (χ4n) is 2.62. The van der Waals surface area contributed by atoms with Crippen molar-refractivity contribution in [2.45, 2.75) is 13.3 Å². The van der Waals surface area contributed by atoms with Crippen LogP contribution in [0.15, 0.2) is 60.8 Å². The predicted molar refractivity (Wildman–Crippen MR) is 107 cm³/mol. The van der Waals surface area contributed by atoms with Crippen LogP contribution in [0.1, 0.15) is 22.8 Å². The second-order valence-electron chi connectivity index (χ2n) is 6.06. The minimum Gasteiger partial charge on any atom is -0.497 e. The number of hydrogen-bond acceptors (Lipinski definition) is 6. The Hall–Kier alpha value is -3.41. The topological polar surface area (TPSA) is 76.1 Å². The number of anilines is 3. The maximum atomic E-state index is 11.5. The van der Waals surface area contributed by atoms with Gasteiger partial charge < -0.3 is 15.4 Å². The lowest BCUT2D eigenvalue weighted by atomic mass is 10.1. The molecule has 0 aliphatic carbocycles. The summed E-state index contributed by atoms with van der Waals surface area (Å²) in [5.41, 5.74) is 2.65. The van der Waals surface area contributed by atoms with E-state index >= 15 is 0 Å². The third-order valence-electron chi connectivity index (χ3n) is 4.03. The zero-order chi connectivity index (χ0) is 19.1. The van der Waals surface area contributed by atoms with Gasteiger partial charge in [-0.1, -0.05) is 24.3 Å². The fourth-order valence-corrected chi connectivity index (χ4v) is 2.62. The first-order valence-electron chi connectivity index (χ1n) is 8.72. The second kappa shape index (κ2) is 8.80. The number of aromatic nitrogens is 2. The van der Waals surface area contributed by atoms with Crippen molar-refractivity contribution in [1.29, 1.82) is 0 Å². The van der Waals surface area contributed by atoms with Crippen molar-refractivity contribution in [3.8, 4) is 5.75 Å². The Morgan fingerprint density at radius 2 is 1.96 bits per heavy atom. The molecule has 0 spiro atoms. The summed E-state index contributed by atoms with van der Waals surface area (Å²) in [6, 6.07) is 17.1. The smallest absolute Gasteiger partial charge is 0.224 e. The zero-order valence-corrected chi connectivity index (χ0v) is 15.4. The molecular weight excluding hydrogens is 340 g/mol. The van der Waals surface area contributed by atoms with Gasteiger partial charge in [-0.2, -0.15) is 4.98 Å². The zero-order valence-electron chi connectivity index (χ0n) is 15.4. The van der Waals surface area contributed by atoms with Gasteiger partial charge in [-0.3, -0.25) is 4.79 Å². The Morgan fingerprint density at radius 3 is 2.78 bits per heavy atom. The summed E-state index contributed by atoms with van der Waals surface area (Å²) in [5.74, 6) is 2.09. The SMILES string of the molecule is COc1cccc(CCNc2nccc(Nc3cccc(C(C)=O)c3)n2)c1. The van der Waals surface area contributed by atoms with Crippen molar-refractivity contribution < 1.29 is 9.53 Å². The number of Topliss-reactive ketones (excluding diaryl/α,β-unsaturated/α-hetero) is 1. The summed E-state index contributed by atoms with van der Waals surface area (Å²) < 4.78 is 5.24. The number of hydrogen-bond donors (Lipinski definition) is 2. The van der Waals surface area contributed by atoms with Crippen LogP contribution in [0.4, 0.5) is 17.5 Å². The molecule has 0 aliphatic rings. The van der Waals surface area contributed by atoms with Crippen molar-refractivity contribution in [1.82, 2.24) is 9.97 Å². The van der Waals surface area contributed by atoms with Gasteiger partial charge in [0.2, 0.25) is 5.95 Å². The van der Waals surface area contributed by atoms with Crippen molar-refractivity contribution in [3.05, 3.63) is 71.9 Å². The summed E-state index contributed by atoms with van der Waals surface area (Å²) in [6.07, 6.45) is 2.52. The highest BCUT2D eigenvalue weighted by Crippen LogP contribution is 2.17. The number of carbonyl (C=O) groups is 1. The van der Waals surface area contributed by atoms with E-state index in [1.54, 1.807) is 38.4 Å². The first-order valence-corrected chi connectivity index (χ1v) is 8.72. The number of nitrogens with zero attached hydrogens (tertiary/aromatic N) is 2. The number of ketones is 1. The summed E-state index contributed by atoms with van der Waals surface area (Å²) in [7, 11) is 1.66. The standard InChI is InChI=1S/C21H22N4O2/c1-15(26)17-6-4-7-18(14-17)24-20-10-12-23-21(25-20)22-11-9-16-5-3-8-19(13-16)27-2/h3-8,10,12-14H,9,11H2,1-2H3,(H2,22,23,24,25). The number of carbonyl (C=O) groups excluding carboxylic acids is 1. The van der Waals surface area contributed by atoms with Crippen molar-refractivity contribution in [2.75, 3.05) is 24.3 Å². The van der Waals surface area contributed by atoms with E-state index in [0.717, 1.165) is 17.9 Å². The molecule has 2 aromatic carbocycles. The van der Waals surface area contributed by atoms with Gasteiger partial charge in [-0.05, 0) is 49.2 Å². The first kappa shape index (κ1) is 18.4. The number of rotatable bonds is 8. The molecule has 0 atom stereocenters. The highest BCUT2D eigenvalue weighted by Gasteiger charge is 2.03. The van der Waals surface area contributed by atoms with Crippen LogP contribution < -0.4 is 15.4 Å². The van der Waals surface area contributed by atoms with Crippen LogP contribution >= 0.6 is 0 Å². The maximum Gasteiger partial charge on any atom is 0.224 e. The Kier molecular flexibility index (Phi) is 5.99. The van der Waals surface area contributed by atoms with Crippen LogP contribution in [-0.4, -0.2) is 29.4 Å². The van der Waals surface area contributed by atoms with E-state index < -0.39 is 0 Å². The summed E-state index contributed by atoms with van der Waals surface area (Å²) in [4.78, 5) is 20.2. The molecule has 0 saturated carbocycles. The number of methoxy groups -OCH3 is 1. The van der Waals surface area contributed by atoms with Gasteiger partial charge in [0, 0.05) is 24.0 Å². The lowest BCUT2D eigenvalue weighted by Crippen LogP contribution is -2.08. The van der Waals surface area contributed by atoms with Crippen molar-refractivity contribution in [2.24, 2.45) is 0 Å². The van der Waals surface area contributed by atoms with Gasteiger partial charge in [0.05, 0.1) is 7.11 Å². The molecule has 0 amide bonds. The van der Waals surface area contributed by atoms with Gasteiger partial charge in [0.15, 0.2) is 5.78 Å². The highest BCUT2D eigenvalue weighted by atomic mass is 16.5. The second-order valence-corrected chi connectivity index (χ2v) is 6.06. The molecule has 0 aliphatic heterocycles. The molecule has 3 aromatic rings. The Labute approximate surface area is 158 Å². The van der Waals surface area contributed by atoms with E-state index in [0.29, 0.717) is 23.9 Å². The van der Waals surface area contributed by atoms with Gasteiger partial charge in [-0.15, -0.1) is 0 Å². The van der Waals surface area contributed by atoms with E-state index in [9.17, 15) is 4.79 Å². The quantitative estimate of drug-likeness (QED) is 0.588. The number of ether oxygens (including phenoxy) is 1. The summed E-state index contributed by atoms with van der Waals surface area (Å²) in [6.45, 7) is 2.25. The van der Waals surface area contributed by atoms with Gasteiger partial charge >= 0.3 is 0 Å². The third-order valence-corrected chi connectivity index (χ3v) is 4.03. The van der Waals surface area contributed by atoms with E-state index in [-0.39, 0.29) is 5.78 Å². The van der Waals surface area contributed by atoms with Crippen LogP contribution in [0.25, 0.3) is 0 Å². The van der Waals surface area contributed by atoms with Gasteiger partial charge in [0.1, 0.15) is 11.6 Å². The molecule has 0 bridgehead atoms. The van der Waals surface area contributed by atoms with Crippen LogP contribution in [0.5, 0.6) is 5.75 Å². The average Bonchev–Trinajstić information content (AvgIpc) is 2.69. The molecule has 0 radical (unpaired) electrons. The normalized spacial score (nSPS) is 10.3. The summed E-state index contributed by atoms with van der Waals surface area (Å²) in [5, 5.41) is 6.43. The molecule has 0 saturated heterocycles. The monoisotopic (exact) mass is 362 g/mol. The van der Waals surface area contributed by atoms with E-state index in [4.69, 9.17) is 4.74 Å². The molecule has 1 aromatic heterocycles. The lowest BCUT2D eigenvalue weighted by Gasteiger charge is -2.09. The van der Waals surface area contributed by atoms with Crippen LogP contribution in [0.2, 0.25) is 0 Å². The molecule has 0 unspecified atom stereocenters. The number of nitrogens with one attached hydrogen (secondary N) is 2. The van der Waals surface area contributed by atoms with E-state index in [2.05, 4.69) is 26.7 Å². The molecule has 6 heteroatoms. The molecule has 138 valence electrons. The van der Waals surface area contributed by atoms with Crippen LogP contribution in [-0.2, 0) is 6.42 Å². The molecule has 2 N–H and O–H groups in total. The maximum absolute atomic E-state index is 11.5. The Bertz CT molecular complexity index is 927. The molecule has 0 fully saturated rings. The Balaban J connectivity index is 1.60. The number of benzene rings is 2. The largest absolute Gasteiger partial charge is 0.497 e. The summed E-state index contributed by atoms with van der Waals surface area (Å²) >= 11 is 0. The van der Waals surface area contributed by atoms with Crippen LogP contribution in [0, 0.1) is 0 Å². The molecule has 6 nitrogen and oxygen atoms in total. The van der Waals surface area contributed by atoms with E-state index in [1.165, 1.54) is 5.56 Å². The van der Waals surface area contributed by atoms with Gasteiger partial charge in [0.25, 0.3) is 0 Å². The molecular formula is C21H22N4O2. The first-order chi connectivity index (χ1) is 13.1. The van der Waals surface area contributed by atoms with Crippen LogP contribution in [0.3, 0.4) is 0 Å².